The molecule has 1 atom stereocenters. The number of nitrogens with zero attached hydrogens (tertiary/aromatic N) is 2. The Kier molecular flexibility index (Phi) is 5.76. The van der Waals surface area contributed by atoms with Crippen LogP contribution in [-0.2, 0) is 0 Å². The molecule has 0 saturated carbocycles. The molecule has 0 radical (unpaired) electrons. The van der Waals surface area contributed by atoms with Crippen molar-refractivity contribution in [3.63, 3.8) is 0 Å². The fourth-order valence-electron chi connectivity index (χ4n) is 1.74. The minimum Gasteiger partial charge on any atom is -0.409 e. The lowest BCUT2D eigenvalue weighted by Gasteiger charge is -2.24. The van der Waals surface area contributed by atoms with E-state index in [0.29, 0.717) is 6.54 Å². The fraction of sp³-hybridized carbons (Fsp3) is 0.385. The molecular weight excluding hydrogens is 285 g/mol. The van der Waals surface area contributed by atoms with Crippen LogP contribution in [0.1, 0.15) is 24.2 Å². The molecule has 0 aliphatic heterocycles. The average Bonchev–Trinajstić information content (AvgIpc) is 2.43. The number of amides is 1. The number of carbonyl (C=O) groups excluding carboxylic acids is 1. The SMILES string of the molecule is CCN(CC(C)C(N)=NO)C(=O)c1c(F)cccc1Cl. The highest BCUT2D eigenvalue weighted by Gasteiger charge is 2.23. The molecule has 0 spiro atoms. The first-order chi connectivity index (χ1) is 9.42. The normalized spacial score (nSPS) is 13.1. The lowest BCUT2D eigenvalue weighted by Crippen LogP contribution is -2.39. The monoisotopic (exact) mass is 301 g/mol. The van der Waals surface area contributed by atoms with E-state index in [4.69, 9.17) is 22.5 Å². The molecule has 0 aliphatic carbocycles. The Morgan fingerprint density at radius 3 is 2.75 bits per heavy atom. The van der Waals surface area contributed by atoms with E-state index in [1.807, 2.05) is 0 Å². The molecule has 0 fully saturated rings. The number of carbonyl (C=O) groups is 1. The van der Waals surface area contributed by atoms with Gasteiger partial charge in [0.05, 0.1) is 10.6 Å². The van der Waals surface area contributed by atoms with Gasteiger partial charge >= 0.3 is 0 Å². The molecule has 7 heteroatoms. The van der Waals surface area contributed by atoms with Gasteiger partial charge in [-0.3, -0.25) is 4.79 Å². The Morgan fingerprint density at radius 1 is 1.60 bits per heavy atom. The van der Waals surface area contributed by atoms with Crippen molar-refractivity contribution in [2.75, 3.05) is 13.1 Å². The summed E-state index contributed by atoms with van der Waals surface area (Å²) < 4.78 is 13.7. The van der Waals surface area contributed by atoms with E-state index in [-0.39, 0.29) is 28.9 Å². The fourth-order valence-corrected chi connectivity index (χ4v) is 1.98. The van der Waals surface area contributed by atoms with Crippen LogP contribution in [0.25, 0.3) is 0 Å². The first-order valence-electron chi connectivity index (χ1n) is 6.13. The lowest BCUT2D eigenvalue weighted by molar-refractivity contribution is 0.0749. The van der Waals surface area contributed by atoms with Gasteiger partial charge in [0.2, 0.25) is 0 Å². The zero-order valence-corrected chi connectivity index (χ0v) is 12.1. The first-order valence-corrected chi connectivity index (χ1v) is 6.50. The minimum absolute atomic E-state index is 0.0101. The second kappa shape index (κ2) is 7.09. The lowest BCUT2D eigenvalue weighted by atomic mass is 10.1. The second-order valence-corrected chi connectivity index (χ2v) is 4.77. The molecule has 1 amide bonds. The molecule has 3 N–H and O–H groups in total. The summed E-state index contributed by atoms with van der Waals surface area (Å²) in [6.45, 7) is 4.02. The van der Waals surface area contributed by atoms with E-state index in [9.17, 15) is 9.18 Å². The van der Waals surface area contributed by atoms with Crippen LogP contribution in [0.15, 0.2) is 23.4 Å². The predicted octanol–water partition coefficient (Wildman–Crippen LogP) is 2.32. The third-order valence-electron chi connectivity index (χ3n) is 2.96. The highest BCUT2D eigenvalue weighted by molar-refractivity contribution is 6.33. The minimum atomic E-state index is -0.669. The smallest absolute Gasteiger partial charge is 0.258 e. The summed E-state index contributed by atoms with van der Waals surface area (Å²) in [5.41, 5.74) is 5.32. The van der Waals surface area contributed by atoms with Gasteiger partial charge in [-0.1, -0.05) is 29.7 Å². The van der Waals surface area contributed by atoms with E-state index in [2.05, 4.69) is 5.16 Å². The molecule has 1 aromatic carbocycles. The quantitative estimate of drug-likeness (QED) is 0.379. The van der Waals surface area contributed by atoms with Gasteiger partial charge in [-0.25, -0.2) is 4.39 Å². The third kappa shape index (κ3) is 3.60. The van der Waals surface area contributed by atoms with Crippen molar-refractivity contribution < 1.29 is 14.4 Å². The van der Waals surface area contributed by atoms with Gasteiger partial charge in [0.25, 0.3) is 5.91 Å². The van der Waals surface area contributed by atoms with Crippen LogP contribution >= 0.6 is 11.6 Å². The van der Waals surface area contributed by atoms with E-state index < -0.39 is 11.7 Å². The molecule has 0 heterocycles. The maximum absolute atomic E-state index is 13.7. The molecule has 1 rings (SSSR count). The maximum atomic E-state index is 13.7. The summed E-state index contributed by atoms with van der Waals surface area (Å²) in [4.78, 5) is 13.7. The number of halogens is 2. The van der Waals surface area contributed by atoms with Crippen LogP contribution in [-0.4, -0.2) is 34.9 Å². The van der Waals surface area contributed by atoms with Crippen molar-refractivity contribution >= 4 is 23.3 Å². The predicted molar refractivity (Wildman–Crippen MR) is 75.6 cm³/mol. The van der Waals surface area contributed by atoms with E-state index in [0.717, 1.165) is 0 Å². The summed E-state index contributed by atoms with van der Waals surface area (Å²) in [6.07, 6.45) is 0. The highest BCUT2D eigenvalue weighted by Crippen LogP contribution is 2.21. The van der Waals surface area contributed by atoms with Crippen molar-refractivity contribution in [2.24, 2.45) is 16.8 Å². The molecule has 1 aromatic rings. The van der Waals surface area contributed by atoms with Crippen LogP contribution in [0.2, 0.25) is 5.02 Å². The molecule has 5 nitrogen and oxygen atoms in total. The number of oxime groups is 1. The molecular formula is C13H17ClFN3O2. The molecule has 0 saturated heterocycles. The Hall–Kier alpha value is -1.82. The molecule has 1 unspecified atom stereocenters. The van der Waals surface area contributed by atoms with Crippen LogP contribution in [0, 0.1) is 11.7 Å². The summed E-state index contributed by atoms with van der Waals surface area (Å²) in [5, 5.41) is 11.6. The Morgan fingerprint density at radius 2 is 2.25 bits per heavy atom. The van der Waals surface area contributed by atoms with Crippen molar-refractivity contribution in [2.45, 2.75) is 13.8 Å². The third-order valence-corrected chi connectivity index (χ3v) is 3.28. The van der Waals surface area contributed by atoms with Gasteiger partial charge in [0.1, 0.15) is 11.7 Å². The number of hydrogen-bond acceptors (Lipinski definition) is 3. The van der Waals surface area contributed by atoms with Crippen LogP contribution in [0.4, 0.5) is 4.39 Å². The Labute approximate surface area is 121 Å². The van der Waals surface area contributed by atoms with Crippen molar-refractivity contribution in [3.8, 4) is 0 Å². The summed E-state index contributed by atoms with van der Waals surface area (Å²) in [5.74, 6) is -1.53. The van der Waals surface area contributed by atoms with Gasteiger partial charge in [-0.15, -0.1) is 0 Å². The van der Waals surface area contributed by atoms with E-state index >= 15 is 0 Å². The van der Waals surface area contributed by atoms with Gasteiger partial charge in [0.15, 0.2) is 0 Å². The Balaban J connectivity index is 2.98. The molecule has 110 valence electrons. The zero-order valence-electron chi connectivity index (χ0n) is 11.3. The van der Waals surface area contributed by atoms with Crippen molar-refractivity contribution in [1.29, 1.82) is 0 Å². The maximum Gasteiger partial charge on any atom is 0.258 e. The van der Waals surface area contributed by atoms with E-state index in [1.165, 1.54) is 23.1 Å². The standard InChI is InChI=1S/C13H17ClFN3O2/c1-3-18(7-8(2)12(16)17-20)13(19)11-9(14)5-4-6-10(11)15/h4-6,8,20H,3,7H2,1-2H3,(H2,16,17). The molecule has 0 bridgehead atoms. The largest absolute Gasteiger partial charge is 0.409 e. The summed E-state index contributed by atoms with van der Waals surface area (Å²) >= 11 is 5.88. The van der Waals surface area contributed by atoms with Gasteiger partial charge in [-0.2, -0.15) is 0 Å². The Bertz CT molecular complexity index is 502. The highest BCUT2D eigenvalue weighted by atomic mass is 35.5. The molecule has 0 aromatic heterocycles. The van der Waals surface area contributed by atoms with Crippen LogP contribution in [0.3, 0.4) is 0 Å². The number of amidine groups is 1. The van der Waals surface area contributed by atoms with Gasteiger partial charge in [-0.05, 0) is 19.1 Å². The zero-order chi connectivity index (χ0) is 15.3. The first kappa shape index (κ1) is 16.2. The second-order valence-electron chi connectivity index (χ2n) is 4.37. The topological polar surface area (TPSA) is 78.9 Å². The summed E-state index contributed by atoms with van der Waals surface area (Å²) in [7, 11) is 0. The number of nitrogens with two attached hydrogens (primary N) is 1. The van der Waals surface area contributed by atoms with Gasteiger partial charge in [0, 0.05) is 19.0 Å². The average molecular weight is 302 g/mol. The number of rotatable bonds is 5. The van der Waals surface area contributed by atoms with Gasteiger partial charge < -0.3 is 15.8 Å². The van der Waals surface area contributed by atoms with Crippen molar-refractivity contribution in [1.82, 2.24) is 4.90 Å². The molecule has 0 aliphatic rings. The number of hydrogen-bond donors (Lipinski definition) is 2. The summed E-state index contributed by atoms with van der Waals surface area (Å²) in [6, 6.07) is 4.07. The number of benzene rings is 1. The van der Waals surface area contributed by atoms with Crippen molar-refractivity contribution in [3.05, 3.63) is 34.6 Å². The molecule has 20 heavy (non-hydrogen) atoms. The van der Waals surface area contributed by atoms with E-state index in [1.54, 1.807) is 13.8 Å². The van der Waals surface area contributed by atoms with Crippen LogP contribution in [0.5, 0.6) is 0 Å². The van der Waals surface area contributed by atoms with Crippen LogP contribution < -0.4 is 5.73 Å².